The van der Waals surface area contributed by atoms with Gasteiger partial charge in [-0.05, 0) is 30.7 Å². The molecule has 0 bridgehead atoms. The fourth-order valence-corrected chi connectivity index (χ4v) is 2.94. The third-order valence-electron chi connectivity index (χ3n) is 4.80. The van der Waals surface area contributed by atoms with Gasteiger partial charge in [0.1, 0.15) is 0 Å². The van der Waals surface area contributed by atoms with Crippen LogP contribution in [0.3, 0.4) is 0 Å². The maximum atomic E-state index is 9.78. The van der Waals surface area contributed by atoms with Crippen molar-refractivity contribution in [3.8, 4) is 0 Å². The van der Waals surface area contributed by atoms with Gasteiger partial charge < -0.3 is 20.1 Å². The highest BCUT2D eigenvalue weighted by Gasteiger charge is 2.47. The number of hydrogen-bond acceptors (Lipinski definition) is 4. The molecule has 1 heterocycles. The molecule has 0 amide bonds. The van der Waals surface area contributed by atoms with Crippen molar-refractivity contribution in [1.82, 2.24) is 0 Å². The van der Waals surface area contributed by atoms with Crippen molar-refractivity contribution in [2.45, 2.75) is 32.4 Å². The van der Waals surface area contributed by atoms with Crippen LogP contribution in [0.25, 0.3) is 0 Å². The Kier molecular flexibility index (Phi) is 3.61. The van der Waals surface area contributed by atoms with Gasteiger partial charge in [-0.2, -0.15) is 0 Å². The van der Waals surface area contributed by atoms with E-state index in [-0.39, 0.29) is 11.5 Å². The Bertz CT molecular complexity index is 452. The molecule has 1 aromatic carbocycles. The minimum atomic E-state index is -0.187. The number of morpholine rings is 1. The zero-order chi connectivity index (χ0) is 14.2. The van der Waals surface area contributed by atoms with Gasteiger partial charge in [-0.3, -0.25) is 0 Å². The third kappa shape index (κ3) is 2.50. The molecule has 110 valence electrons. The van der Waals surface area contributed by atoms with Crippen molar-refractivity contribution in [3.63, 3.8) is 0 Å². The Labute approximate surface area is 120 Å². The smallest absolute Gasteiger partial charge is 0.0642 e. The van der Waals surface area contributed by atoms with E-state index in [1.165, 1.54) is 5.69 Å². The highest BCUT2D eigenvalue weighted by molar-refractivity contribution is 5.56. The molecular formula is C16H24N2O2. The van der Waals surface area contributed by atoms with E-state index < -0.39 is 0 Å². The van der Waals surface area contributed by atoms with Crippen LogP contribution in [0, 0.1) is 5.41 Å². The predicted octanol–water partition coefficient (Wildman–Crippen LogP) is 2.09. The Hall–Kier alpha value is -1.26. The van der Waals surface area contributed by atoms with E-state index in [9.17, 15) is 5.11 Å². The first-order valence-corrected chi connectivity index (χ1v) is 7.45. The van der Waals surface area contributed by atoms with Gasteiger partial charge in [-0.25, -0.2) is 0 Å². The summed E-state index contributed by atoms with van der Waals surface area (Å²) in [6.45, 7) is 7.79. The highest BCUT2D eigenvalue weighted by atomic mass is 16.5. The van der Waals surface area contributed by atoms with Crippen LogP contribution in [0.4, 0.5) is 11.4 Å². The van der Waals surface area contributed by atoms with Crippen molar-refractivity contribution in [2.24, 2.45) is 5.41 Å². The maximum Gasteiger partial charge on any atom is 0.0642 e. The molecule has 2 fully saturated rings. The molecule has 1 saturated heterocycles. The number of hydrogen-bond donors (Lipinski definition) is 2. The summed E-state index contributed by atoms with van der Waals surface area (Å²) in [5.41, 5.74) is 2.35. The normalized spacial score (nSPS) is 28.9. The molecule has 2 aliphatic rings. The van der Waals surface area contributed by atoms with E-state index in [4.69, 9.17) is 4.74 Å². The van der Waals surface area contributed by atoms with Gasteiger partial charge >= 0.3 is 0 Å². The minimum Gasteiger partial charge on any atom is -0.392 e. The number of rotatable bonds is 3. The summed E-state index contributed by atoms with van der Waals surface area (Å²) >= 11 is 0. The van der Waals surface area contributed by atoms with Gasteiger partial charge in [0.15, 0.2) is 0 Å². The summed E-state index contributed by atoms with van der Waals surface area (Å²) in [4.78, 5) is 2.35. The summed E-state index contributed by atoms with van der Waals surface area (Å²) in [6.07, 6.45) is 0.644. The monoisotopic (exact) mass is 276 g/mol. The first-order valence-electron chi connectivity index (χ1n) is 7.45. The Morgan fingerprint density at radius 3 is 2.40 bits per heavy atom. The topological polar surface area (TPSA) is 44.7 Å². The zero-order valence-corrected chi connectivity index (χ0v) is 12.3. The fraction of sp³-hybridized carbons (Fsp3) is 0.625. The van der Waals surface area contributed by atoms with Crippen LogP contribution in [-0.2, 0) is 4.74 Å². The van der Waals surface area contributed by atoms with Crippen LogP contribution in [0.15, 0.2) is 24.3 Å². The number of nitrogens with zero attached hydrogens (tertiary/aromatic N) is 1. The Morgan fingerprint density at radius 1 is 1.20 bits per heavy atom. The molecule has 4 heteroatoms. The molecule has 2 atom stereocenters. The number of anilines is 2. The second kappa shape index (κ2) is 5.26. The lowest BCUT2D eigenvalue weighted by Crippen LogP contribution is -2.56. The average molecular weight is 276 g/mol. The van der Waals surface area contributed by atoms with E-state index in [1.807, 2.05) is 0 Å². The second-order valence-electron chi connectivity index (χ2n) is 6.42. The van der Waals surface area contributed by atoms with Crippen molar-refractivity contribution in [2.75, 3.05) is 36.5 Å². The number of aliphatic hydroxyl groups is 1. The second-order valence-corrected chi connectivity index (χ2v) is 6.42. The molecule has 1 saturated carbocycles. The van der Waals surface area contributed by atoms with Gasteiger partial charge in [0.25, 0.3) is 0 Å². The van der Waals surface area contributed by atoms with Crippen molar-refractivity contribution < 1.29 is 9.84 Å². The highest BCUT2D eigenvalue weighted by Crippen LogP contribution is 2.42. The Morgan fingerprint density at radius 2 is 1.85 bits per heavy atom. The predicted molar refractivity (Wildman–Crippen MR) is 81.3 cm³/mol. The molecule has 4 nitrogen and oxygen atoms in total. The Balaban J connectivity index is 1.62. The standard InChI is InChI=1S/C16H24N2O2/c1-16(2)14(11-15(16)19)17-12-3-5-13(6-4-12)18-7-9-20-10-8-18/h3-6,14-15,17,19H,7-11H2,1-2H3. The molecule has 1 aliphatic heterocycles. The molecule has 3 rings (SSSR count). The van der Waals surface area contributed by atoms with Gasteiger partial charge in [0.05, 0.1) is 19.3 Å². The molecule has 20 heavy (non-hydrogen) atoms. The minimum absolute atomic E-state index is 0.0388. The molecule has 0 aromatic heterocycles. The van der Waals surface area contributed by atoms with E-state index >= 15 is 0 Å². The van der Waals surface area contributed by atoms with Gasteiger partial charge in [0, 0.05) is 35.9 Å². The van der Waals surface area contributed by atoms with Crippen molar-refractivity contribution in [3.05, 3.63) is 24.3 Å². The van der Waals surface area contributed by atoms with E-state index in [0.717, 1.165) is 38.4 Å². The molecule has 1 aliphatic carbocycles. The average Bonchev–Trinajstić information content (AvgIpc) is 2.48. The van der Waals surface area contributed by atoms with Gasteiger partial charge in [-0.15, -0.1) is 0 Å². The number of nitrogens with one attached hydrogen (secondary N) is 1. The van der Waals surface area contributed by atoms with Crippen LogP contribution < -0.4 is 10.2 Å². The van der Waals surface area contributed by atoms with E-state index in [1.54, 1.807) is 0 Å². The van der Waals surface area contributed by atoms with E-state index in [0.29, 0.717) is 6.04 Å². The quantitative estimate of drug-likeness (QED) is 0.887. The first kappa shape index (κ1) is 13.7. The number of benzene rings is 1. The SMILES string of the molecule is CC1(C)C(O)CC1Nc1ccc(N2CCOCC2)cc1. The summed E-state index contributed by atoms with van der Waals surface area (Å²) in [5, 5.41) is 13.3. The zero-order valence-electron chi connectivity index (χ0n) is 12.3. The molecule has 2 N–H and O–H groups in total. The largest absolute Gasteiger partial charge is 0.392 e. The van der Waals surface area contributed by atoms with Gasteiger partial charge in [-0.1, -0.05) is 13.8 Å². The van der Waals surface area contributed by atoms with E-state index in [2.05, 4.69) is 48.3 Å². The molecule has 0 radical (unpaired) electrons. The van der Waals surface area contributed by atoms with Crippen molar-refractivity contribution in [1.29, 1.82) is 0 Å². The van der Waals surface area contributed by atoms with Crippen molar-refractivity contribution >= 4 is 11.4 Å². The lowest BCUT2D eigenvalue weighted by Gasteiger charge is -2.49. The van der Waals surface area contributed by atoms with Crippen LogP contribution in [0.5, 0.6) is 0 Å². The first-order chi connectivity index (χ1) is 9.57. The third-order valence-corrected chi connectivity index (χ3v) is 4.80. The maximum absolute atomic E-state index is 9.78. The summed E-state index contributed by atoms with van der Waals surface area (Å²) < 4.78 is 5.37. The number of aliphatic hydroxyl groups excluding tert-OH is 1. The molecule has 2 unspecified atom stereocenters. The molecule has 1 aromatic rings. The molecule has 0 spiro atoms. The lowest BCUT2D eigenvalue weighted by molar-refractivity contribution is -0.0510. The van der Waals surface area contributed by atoms with Crippen LogP contribution in [-0.4, -0.2) is 43.6 Å². The van der Waals surface area contributed by atoms with Crippen LogP contribution in [0.1, 0.15) is 20.3 Å². The summed E-state index contributed by atoms with van der Waals surface area (Å²) in [5.74, 6) is 0. The summed E-state index contributed by atoms with van der Waals surface area (Å²) in [6, 6.07) is 8.94. The van der Waals surface area contributed by atoms with Gasteiger partial charge in [0.2, 0.25) is 0 Å². The summed E-state index contributed by atoms with van der Waals surface area (Å²) in [7, 11) is 0. The number of ether oxygens (including phenoxy) is 1. The van der Waals surface area contributed by atoms with Crippen LogP contribution >= 0.6 is 0 Å². The van der Waals surface area contributed by atoms with Crippen LogP contribution in [0.2, 0.25) is 0 Å². The lowest BCUT2D eigenvalue weighted by atomic mass is 9.64. The molecular weight excluding hydrogens is 252 g/mol. The fourth-order valence-electron chi connectivity index (χ4n) is 2.94.